The van der Waals surface area contributed by atoms with E-state index < -0.39 is 7.25 Å². The van der Waals surface area contributed by atoms with Crippen LogP contribution in [0.2, 0.25) is 0 Å². The third kappa shape index (κ3) is 38.2. The lowest BCUT2D eigenvalue weighted by Crippen LogP contribution is -2.32. The zero-order chi connectivity index (χ0) is 33.8. The van der Waals surface area contributed by atoms with E-state index in [0.717, 1.165) is 6.04 Å². The van der Waals surface area contributed by atoms with Crippen molar-refractivity contribution in [2.75, 3.05) is 13.1 Å². The molecule has 1 rings (SSSR count). The minimum absolute atomic E-state index is 0.909. The second-order valence-corrected chi connectivity index (χ2v) is 14.7. The number of unbranched alkanes of at least 4 members (excludes halogenated alkanes) is 29. The Morgan fingerprint density at radius 1 is 0.370 bits per heavy atom. The van der Waals surface area contributed by atoms with E-state index in [-0.39, 0.29) is 0 Å². The Balaban J connectivity index is 0.00000373. The Kier molecular flexibility index (Phi) is 35.8. The summed E-state index contributed by atoms with van der Waals surface area (Å²) in [7, 11) is -6.00. The molecule has 0 aromatic heterocycles. The van der Waals surface area contributed by atoms with E-state index in [9.17, 15) is 17.3 Å². The van der Waals surface area contributed by atoms with Crippen LogP contribution in [0.4, 0.5) is 17.3 Å². The fourth-order valence-electron chi connectivity index (χ4n) is 7.30. The van der Waals surface area contributed by atoms with Gasteiger partial charge in [0.25, 0.3) is 0 Å². The lowest BCUT2D eigenvalue weighted by molar-refractivity contribution is 0.209. The van der Waals surface area contributed by atoms with E-state index in [2.05, 4.69) is 18.7 Å². The molecule has 1 aliphatic heterocycles. The molecule has 0 aromatic carbocycles. The van der Waals surface area contributed by atoms with Gasteiger partial charge in [-0.05, 0) is 38.8 Å². The molecule has 1 atom stereocenters. The molecular formula is C40H81BF4N-. The zero-order valence-corrected chi connectivity index (χ0v) is 31.3. The number of likely N-dealkylation sites (tertiary alicyclic amines) is 1. The van der Waals surface area contributed by atoms with Gasteiger partial charge in [-0.1, -0.05) is 213 Å². The molecule has 6 heteroatoms. The minimum Gasteiger partial charge on any atom is -0.418 e. The van der Waals surface area contributed by atoms with Crippen molar-refractivity contribution in [2.24, 2.45) is 0 Å². The van der Waals surface area contributed by atoms with Gasteiger partial charge in [-0.15, -0.1) is 0 Å². The predicted octanol–water partition coefficient (Wildman–Crippen LogP) is 15.7. The maximum Gasteiger partial charge on any atom is 0.673 e. The first kappa shape index (κ1) is 45.7. The highest BCUT2D eigenvalue weighted by atomic mass is 19.5. The largest absolute Gasteiger partial charge is 0.673 e. The van der Waals surface area contributed by atoms with Crippen molar-refractivity contribution in [1.82, 2.24) is 4.90 Å². The zero-order valence-electron chi connectivity index (χ0n) is 31.3. The van der Waals surface area contributed by atoms with Crippen LogP contribution in [0.15, 0.2) is 0 Å². The highest BCUT2D eigenvalue weighted by molar-refractivity contribution is 6.50. The Hall–Kier alpha value is -0.255. The Labute approximate surface area is 286 Å². The fourth-order valence-corrected chi connectivity index (χ4v) is 7.30. The fraction of sp³-hybridized carbons (Fsp3) is 1.00. The van der Waals surface area contributed by atoms with Gasteiger partial charge >= 0.3 is 7.25 Å². The Morgan fingerprint density at radius 3 is 0.783 bits per heavy atom. The van der Waals surface area contributed by atoms with Gasteiger partial charge in [-0.2, -0.15) is 0 Å². The van der Waals surface area contributed by atoms with Crippen LogP contribution in [-0.2, 0) is 0 Å². The summed E-state index contributed by atoms with van der Waals surface area (Å²) in [6.07, 6.45) is 51.6. The van der Waals surface area contributed by atoms with Gasteiger partial charge in [0.15, 0.2) is 0 Å². The quantitative estimate of drug-likeness (QED) is 0.0377. The summed E-state index contributed by atoms with van der Waals surface area (Å²) in [5, 5.41) is 0. The molecule has 0 bridgehead atoms. The molecule has 1 fully saturated rings. The van der Waals surface area contributed by atoms with Crippen LogP contribution >= 0.6 is 0 Å². The summed E-state index contributed by atoms with van der Waals surface area (Å²) in [6.45, 7) is 7.41. The summed E-state index contributed by atoms with van der Waals surface area (Å²) in [6, 6.07) is 0.909. The average Bonchev–Trinajstić information content (AvgIpc) is 3.56. The molecule has 46 heavy (non-hydrogen) atoms. The van der Waals surface area contributed by atoms with E-state index in [1.54, 1.807) is 0 Å². The van der Waals surface area contributed by atoms with Crippen molar-refractivity contribution in [3.05, 3.63) is 0 Å². The van der Waals surface area contributed by atoms with Crippen molar-refractivity contribution in [3.8, 4) is 0 Å². The molecule has 1 aliphatic rings. The Morgan fingerprint density at radius 2 is 0.565 bits per heavy atom. The maximum atomic E-state index is 9.75. The summed E-state index contributed by atoms with van der Waals surface area (Å²) in [5.41, 5.74) is 0. The molecule has 0 N–H and O–H groups in total. The van der Waals surface area contributed by atoms with E-state index in [1.807, 2.05) is 0 Å². The van der Waals surface area contributed by atoms with Crippen LogP contribution in [0.3, 0.4) is 0 Å². The molecule has 0 amide bonds. The lowest BCUT2D eigenvalue weighted by atomic mass is 9.98. The summed E-state index contributed by atoms with van der Waals surface area (Å²) in [4.78, 5) is 2.87. The first-order valence-electron chi connectivity index (χ1n) is 21.0. The molecular weight excluding hydrogens is 581 g/mol. The van der Waals surface area contributed by atoms with E-state index >= 15 is 0 Å². The van der Waals surface area contributed by atoms with Crippen LogP contribution in [-0.4, -0.2) is 31.3 Å². The second-order valence-electron chi connectivity index (χ2n) is 14.7. The van der Waals surface area contributed by atoms with Crippen LogP contribution in [0.25, 0.3) is 0 Å². The SMILES string of the molecule is CCCCCCCCCCCCCCCCCCCCCCCC(CCCCCCCCCCCC)N1CCCC1.F[B-](F)(F)F. The van der Waals surface area contributed by atoms with Crippen LogP contribution in [0.5, 0.6) is 0 Å². The van der Waals surface area contributed by atoms with Crippen molar-refractivity contribution < 1.29 is 17.3 Å². The third-order valence-corrected chi connectivity index (χ3v) is 10.2. The monoisotopic (exact) mass is 663 g/mol. The highest BCUT2D eigenvalue weighted by Gasteiger charge is 2.21. The third-order valence-electron chi connectivity index (χ3n) is 10.2. The average molecular weight is 663 g/mol. The van der Waals surface area contributed by atoms with Gasteiger partial charge < -0.3 is 22.2 Å². The van der Waals surface area contributed by atoms with E-state index in [4.69, 9.17) is 0 Å². The van der Waals surface area contributed by atoms with Gasteiger partial charge in [-0.3, -0.25) is 0 Å². The number of hydrogen-bond donors (Lipinski definition) is 0. The summed E-state index contributed by atoms with van der Waals surface area (Å²) in [5.74, 6) is 0. The molecule has 0 spiro atoms. The highest BCUT2D eigenvalue weighted by Crippen LogP contribution is 2.23. The smallest absolute Gasteiger partial charge is 0.418 e. The maximum absolute atomic E-state index is 9.75. The van der Waals surface area contributed by atoms with Gasteiger partial charge in [-0.25, -0.2) is 0 Å². The van der Waals surface area contributed by atoms with Crippen molar-refractivity contribution in [3.63, 3.8) is 0 Å². The predicted molar refractivity (Wildman–Crippen MR) is 198 cm³/mol. The standard InChI is InChI=1S/C40H81N.BF4/c1-3-5-7-9-11-13-15-16-17-18-19-20-21-22-23-24-25-27-29-31-33-37-40(41-38-34-35-39-41)36-32-30-28-26-14-12-10-8-6-4-2;2-1(3,4)5/h40H,3-39H2,1-2H3;/q;-1. The molecule has 0 saturated carbocycles. The van der Waals surface area contributed by atoms with Gasteiger partial charge in [0.05, 0.1) is 0 Å². The van der Waals surface area contributed by atoms with Crippen molar-refractivity contribution in [1.29, 1.82) is 0 Å². The summed E-state index contributed by atoms with van der Waals surface area (Å²) >= 11 is 0. The molecule has 0 aliphatic carbocycles. The lowest BCUT2D eigenvalue weighted by Gasteiger charge is -2.27. The number of rotatable bonds is 34. The molecule has 1 nitrogen and oxygen atoms in total. The molecule has 0 aromatic rings. The molecule has 1 heterocycles. The molecule has 0 radical (unpaired) electrons. The van der Waals surface area contributed by atoms with Crippen molar-refractivity contribution >= 4 is 7.25 Å². The first-order valence-corrected chi connectivity index (χ1v) is 21.0. The second kappa shape index (κ2) is 36.0. The summed E-state index contributed by atoms with van der Waals surface area (Å²) < 4.78 is 39.0. The van der Waals surface area contributed by atoms with Gasteiger partial charge in [0.1, 0.15) is 0 Å². The van der Waals surface area contributed by atoms with Crippen LogP contribution in [0, 0.1) is 0 Å². The van der Waals surface area contributed by atoms with Crippen LogP contribution < -0.4 is 0 Å². The van der Waals surface area contributed by atoms with Crippen LogP contribution in [0.1, 0.15) is 239 Å². The van der Waals surface area contributed by atoms with E-state index in [1.165, 1.54) is 238 Å². The van der Waals surface area contributed by atoms with Crippen molar-refractivity contribution in [2.45, 2.75) is 245 Å². The van der Waals surface area contributed by atoms with Gasteiger partial charge in [0.2, 0.25) is 0 Å². The van der Waals surface area contributed by atoms with E-state index in [0.29, 0.717) is 0 Å². The van der Waals surface area contributed by atoms with Gasteiger partial charge in [0, 0.05) is 6.04 Å². The topological polar surface area (TPSA) is 3.24 Å². The number of nitrogens with zero attached hydrogens (tertiary/aromatic N) is 1. The normalized spacial score (nSPS) is 14.5. The molecule has 1 saturated heterocycles. The number of halogens is 4. The first-order chi connectivity index (χ1) is 22.4. The Bertz CT molecular complexity index is 562. The molecule has 1 unspecified atom stereocenters. The molecule has 278 valence electrons. The minimum atomic E-state index is -6.00. The number of hydrogen-bond acceptors (Lipinski definition) is 1.